The van der Waals surface area contributed by atoms with Gasteiger partial charge in [0.2, 0.25) is 0 Å². The Morgan fingerprint density at radius 3 is 2.18 bits per heavy atom. The fraction of sp³-hybridized carbons (Fsp3) is 0.188. The first-order valence-electron chi connectivity index (χ1n) is 6.80. The number of carbonyl (C=O) groups is 1. The Hall–Kier alpha value is -2.18. The molecule has 0 saturated heterocycles. The zero-order chi connectivity index (χ0) is 15.9. The number of ether oxygens (including phenoxy) is 1. The molecule has 0 aliphatic carbocycles. The van der Waals surface area contributed by atoms with Gasteiger partial charge in [0, 0.05) is 24.0 Å². The average molecular weight is 318 g/mol. The summed E-state index contributed by atoms with van der Waals surface area (Å²) in [7, 11) is 0. The van der Waals surface area contributed by atoms with Crippen LogP contribution in [0.3, 0.4) is 0 Å². The minimum Gasteiger partial charge on any atom is -0.478 e. The topological polar surface area (TPSA) is 84.6 Å². The van der Waals surface area contributed by atoms with Crippen LogP contribution in [0.25, 0.3) is 0 Å². The van der Waals surface area contributed by atoms with E-state index < -0.39 is 5.97 Å². The third-order valence-electron chi connectivity index (χ3n) is 2.99. The number of hydrogen-bond donors (Lipinski definition) is 4. The first-order valence-corrected chi connectivity index (χ1v) is 7.43. The van der Waals surface area contributed by atoms with Crippen molar-refractivity contribution in [3.8, 4) is 11.5 Å². The van der Waals surface area contributed by atoms with Crippen molar-refractivity contribution in [2.75, 3.05) is 17.6 Å². The van der Waals surface area contributed by atoms with Gasteiger partial charge < -0.3 is 20.9 Å². The van der Waals surface area contributed by atoms with Crippen molar-refractivity contribution in [2.24, 2.45) is 5.73 Å². The summed E-state index contributed by atoms with van der Waals surface area (Å²) in [5.41, 5.74) is 6.96. The number of hydrogen-bond acceptors (Lipinski definition) is 5. The molecule has 0 spiro atoms. The monoisotopic (exact) mass is 318 g/mol. The number of nitrogens with one attached hydrogen (secondary N) is 1. The molecule has 116 valence electrons. The van der Waals surface area contributed by atoms with Crippen molar-refractivity contribution in [1.82, 2.24) is 0 Å². The minimum absolute atomic E-state index is 0.00649. The van der Waals surface area contributed by atoms with Gasteiger partial charge in [0.05, 0.1) is 5.56 Å². The highest BCUT2D eigenvalue weighted by molar-refractivity contribution is 7.80. The van der Waals surface area contributed by atoms with Crippen LogP contribution in [0.1, 0.15) is 10.4 Å². The number of anilines is 1. The molecule has 0 bridgehead atoms. The van der Waals surface area contributed by atoms with E-state index in [1.807, 2.05) is 24.3 Å². The van der Waals surface area contributed by atoms with Crippen molar-refractivity contribution < 1.29 is 14.6 Å². The minimum atomic E-state index is -0.957. The molecule has 2 aromatic carbocycles. The number of benzene rings is 2. The first-order chi connectivity index (χ1) is 10.6. The second-order valence-corrected chi connectivity index (χ2v) is 5.14. The molecular weight excluding hydrogens is 300 g/mol. The zero-order valence-electron chi connectivity index (χ0n) is 11.9. The molecule has 4 N–H and O–H groups in total. The Morgan fingerprint density at radius 2 is 1.68 bits per heavy atom. The second kappa shape index (κ2) is 7.72. The summed E-state index contributed by atoms with van der Waals surface area (Å²) < 4.78 is 5.66. The molecule has 0 amide bonds. The van der Waals surface area contributed by atoms with Crippen LogP contribution in [-0.2, 0) is 0 Å². The lowest BCUT2D eigenvalue weighted by molar-refractivity contribution is 0.0697. The molecule has 2 aromatic rings. The summed E-state index contributed by atoms with van der Waals surface area (Å²) in [4.78, 5) is 10.8. The quantitative estimate of drug-likeness (QED) is 0.590. The predicted molar refractivity (Wildman–Crippen MR) is 90.2 cm³/mol. The molecule has 0 radical (unpaired) electrons. The average Bonchev–Trinajstić information content (AvgIpc) is 2.54. The molecule has 0 fully saturated rings. The highest BCUT2D eigenvalue weighted by Crippen LogP contribution is 2.23. The lowest BCUT2D eigenvalue weighted by atomic mass is 10.2. The number of carboxylic acids is 1. The van der Waals surface area contributed by atoms with Gasteiger partial charge in [0.25, 0.3) is 0 Å². The van der Waals surface area contributed by atoms with E-state index in [9.17, 15) is 4.79 Å². The highest BCUT2D eigenvalue weighted by atomic mass is 32.1. The van der Waals surface area contributed by atoms with Crippen LogP contribution in [0, 0.1) is 0 Å². The van der Waals surface area contributed by atoms with Crippen LogP contribution in [0.4, 0.5) is 5.69 Å². The van der Waals surface area contributed by atoms with Crippen LogP contribution in [0.2, 0.25) is 0 Å². The van der Waals surface area contributed by atoms with E-state index in [4.69, 9.17) is 15.6 Å². The van der Waals surface area contributed by atoms with E-state index >= 15 is 0 Å². The van der Waals surface area contributed by atoms with Crippen LogP contribution < -0.4 is 15.8 Å². The van der Waals surface area contributed by atoms with Crippen LogP contribution >= 0.6 is 12.6 Å². The number of rotatable bonds is 7. The molecular formula is C16H18N2O3S. The zero-order valence-corrected chi connectivity index (χ0v) is 12.8. The van der Waals surface area contributed by atoms with E-state index in [0.29, 0.717) is 23.8 Å². The summed E-state index contributed by atoms with van der Waals surface area (Å²) in [5, 5.41) is 12.1. The number of aromatic carboxylic acids is 1. The van der Waals surface area contributed by atoms with Gasteiger partial charge >= 0.3 is 5.97 Å². The molecule has 5 nitrogen and oxygen atoms in total. The molecule has 6 heteroatoms. The Balaban J connectivity index is 1.94. The van der Waals surface area contributed by atoms with Crippen LogP contribution in [0.5, 0.6) is 11.5 Å². The Morgan fingerprint density at radius 1 is 1.14 bits per heavy atom. The van der Waals surface area contributed by atoms with Crippen LogP contribution in [0.15, 0.2) is 48.5 Å². The molecule has 0 aliphatic heterocycles. The Kier molecular flexibility index (Phi) is 5.68. The van der Waals surface area contributed by atoms with E-state index in [0.717, 1.165) is 5.69 Å². The van der Waals surface area contributed by atoms with E-state index in [1.165, 1.54) is 12.1 Å². The predicted octanol–water partition coefficient (Wildman–Crippen LogP) is 2.85. The maximum atomic E-state index is 10.8. The van der Waals surface area contributed by atoms with Gasteiger partial charge in [0.1, 0.15) is 11.5 Å². The third kappa shape index (κ3) is 4.68. The van der Waals surface area contributed by atoms with Crippen molar-refractivity contribution in [2.45, 2.75) is 6.04 Å². The van der Waals surface area contributed by atoms with Gasteiger partial charge in [0.15, 0.2) is 0 Å². The standard InChI is InChI=1S/C16H18N2O3S/c17-12(10-22)9-18-13-3-7-15(8-4-13)21-14-5-1-11(2-6-14)16(19)20/h1-8,12,18,22H,9-10,17H2,(H,19,20)/t12-/m1/s1. The lowest BCUT2D eigenvalue weighted by Crippen LogP contribution is -2.30. The Labute approximate surface area is 134 Å². The fourth-order valence-electron chi connectivity index (χ4n) is 1.76. The van der Waals surface area contributed by atoms with Crippen molar-refractivity contribution >= 4 is 24.3 Å². The van der Waals surface area contributed by atoms with Crippen molar-refractivity contribution in [3.05, 3.63) is 54.1 Å². The largest absolute Gasteiger partial charge is 0.478 e. The van der Waals surface area contributed by atoms with E-state index in [-0.39, 0.29) is 11.6 Å². The maximum Gasteiger partial charge on any atom is 0.335 e. The second-order valence-electron chi connectivity index (χ2n) is 4.78. The van der Waals surface area contributed by atoms with Gasteiger partial charge in [-0.3, -0.25) is 0 Å². The Bertz CT molecular complexity index is 614. The van der Waals surface area contributed by atoms with Gasteiger partial charge in [-0.05, 0) is 48.5 Å². The maximum absolute atomic E-state index is 10.8. The molecule has 0 heterocycles. The first kappa shape index (κ1) is 16.2. The summed E-state index contributed by atoms with van der Waals surface area (Å²) in [6.07, 6.45) is 0. The fourth-order valence-corrected chi connectivity index (χ4v) is 1.89. The third-order valence-corrected chi connectivity index (χ3v) is 3.46. The molecule has 2 rings (SSSR count). The van der Waals surface area contributed by atoms with E-state index in [2.05, 4.69) is 17.9 Å². The number of carboxylic acid groups (broad SMARTS) is 1. The molecule has 0 saturated carbocycles. The van der Waals surface area contributed by atoms with Gasteiger partial charge in [-0.25, -0.2) is 4.79 Å². The summed E-state index contributed by atoms with van der Waals surface area (Å²) in [6.45, 7) is 0.653. The van der Waals surface area contributed by atoms with Crippen molar-refractivity contribution in [1.29, 1.82) is 0 Å². The highest BCUT2D eigenvalue weighted by Gasteiger charge is 2.03. The lowest BCUT2D eigenvalue weighted by Gasteiger charge is -2.12. The van der Waals surface area contributed by atoms with Crippen LogP contribution in [-0.4, -0.2) is 29.4 Å². The summed E-state index contributed by atoms with van der Waals surface area (Å²) in [6, 6.07) is 13.7. The normalized spacial score (nSPS) is 11.7. The SMILES string of the molecule is N[C@@H](CS)CNc1ccc(Oc2ccc(C(=O)O)cc2)cc1. The van der Waals surface area contributed by atoms with Gasteiger partial charge in [-0.1, -0.05) is 0 Å². The molecule has 22 heavy (non-hydrogen) atoms. The van der Waals surface area contributed by atoms with Gasteiger partial charge in [-0.2, -0.15) is 12.6 Å². The molecule has 0 aliphatic rings. The van der Waals surface area contributed by atoms with E-state index in [1.54, 1.807) is 12.1 Å². The van der Waals surface area contributed by atoms with Crippen molar-refractivity contribution in [3.63, 3.8) is 0 Å². The smallest absolute Gasteiger partial charge is 0.335 e. The van der Waals surface area contributed by atoms with Gasteiger partial charge in [-0.15, -0.1) is 0 Å². The number of nitrogens with two attached hydrogens (primary N) is 1. The summed E-state index contributed by atoms with van der Waals surface area (Å²) >= 11 is 4.13. The molecule has 1 atom stereocenters. The molecule has 0 aromatic heterocycles. The number of thiol groups is 1. The molecule has 0 unspecified atom stereocenters. The summed E-state index contributed by atoms with van der Waals surface area (Å²) in [5.74, 6) is 0.928.